The highest BCUT2D eigenvalue weighted by molar-refractivity contribution is 6.23. The van der Waals surface area contributed by atoms with Crippen molar-refractivity contribution in [3.63, 3.8) is 0 Å². The van der Waals surface area contributed by atoms with Crippen LogP contribution in [0.15, 0.2) is 22.4 Å². The first-order chi connectivity index (χ1) is 11.3. The molecule has 0 N–H and O–H groups in total. The summed E-state index contributed by atoms with van der Waals surface area (Å²) in [5.74, 6) is -0.889. The van der Waals surface area contributed by atoms with E-state index < -0.39 is 17.7 Å². The Morgan fingerprint density at radius 1 is 1.12 bits per heavy atom. The van der Waals surface area contributed by atoms with E-state index in [0.717, 1.165) is 38.0 Å². The molecule has 24 heavy (non-hydrogen) atoms. The van der Waals surface area contributed by atoms with E-state index in [-0.39, 0.29) is 23.8 Å². The predicted octanol–water partition coefficient (Wildman–Crippen LogP) is 3.25. The van der Waals surface area contributed by atoms with Crippen LogP contribution in [0.5, 0.6) is 0 Å². The zero-order valence-electron chi connectivity index (χ0n) is 14.3. The summed E-state index contributed by atoms with van der Waals surface area (Å²) in [6, 6.07) is 2.25. The van der Waals surface area contributed by atoms with Crippen molar-refractivity contribution in [1.29, 1.82) is 5.26 Å². The van der Waals surface area contributed by atoms with Crippen LogP contribution in [-0.2, 0) is 9.59 Å². The Hall–Kier alpha value is -1.96. The third-order valence-corrected chi connectivity index (χ3v) is 5.16. The van der Waals surface area contributed by atoms with E-state index in [9.17, 15) is 19.2 Å². The molecule has 3 rings (SSSR count). The van der Waals surface area contributed by atoms with Gasteiger partial charge in [-0.2, -0.15) is 5.26 Å². The quantitative estimate of drug-likeness (QED) is 0.547. The highest BCUT2D eigenvalue weighted by Gasteiger charge is 2.40. The van der Waals surface area contributed by atoms with Crippen LogP contribution in [0, 0.1) is 16.7 Å². The number of hydrogen-bond donors (Lipinski definition) is 0. The predicted molar refractivity (Wildman–Crippen MR) is 87.6 cm³/mol. The lowest BCUT2D eigenvalue weighted by atomic mass is 9.70. The smallest absolute Gasteiger partial charge is 0.169 e. The summed E-state index contributed by atoms with van der Waals surface area (Å²) in [6.45, 7) is 6.00. The van der Waals surface area contributed by atoms with Gasteiger partial charge in [-0.3, -0.25) is 9.59 Å². The van der Waals surface area contributed by atoms with Crippen molar-refractivity contribution in [3.05, 3.63) is 22.4 Å². The Bertz CT molecular complexity index is 671. The molecule has 0 unspecified atom stereocenters. The van der Waals surface area contributed by atoms with Crippen LogP contribution in [0.3, 0.4) is 0 Å². The average molecular weight is 330 g/mol. The van der Waals surface area contributed by atoms with Gasteiger partial charge in [0.15, 0.2) is 11.6 Å². The highest BCUT2D eigenvalue weighted by Crippen LogP contribution is 2.45. The molecule has 1 heterocycles. The van der Waals surface area contributed by atoms with Gasteiger partial charge in [0.05, 0.1) is 11.1 Å². The molecule has 0 bridgehead atoms. The molecule has 1 saturated heterocycles. The molecule has 2 fully saturated rings. The van der Waals surface area contributed by atoms with Gasteiger partial charge in [0.2, 0.25) is 0 Å². The largest absolute Gasteiger partial charge is 0.374 e. The number of rotatable bonds is 1. The molecule has 4 nitrogen and oxygen atoms in total. The number of likely N-dealkylation sites (tertiary alicyclic amines) is 1. The second kappa shape index (κ2) is 6.16. The van der Waals surface area contributed by atoms with E-state index in [1.807, 2.05) is 0 Å². The monoisotopic (exact) mass is 330 g/mol. The van der Waals surface area contributed by atoms with E-state index in [1.165, 1.54) is 0 Å². The minimum absolute atomic E-state index is 0.0879. The molecule has 1 saturated carbocycles. The molecule has 1 aliphatic heterocycles. The van der Waals surface area contributed by atoms with Crippen LogP contribution in [0.2, 0.25) is 0 Å². The van der Waals surface area contributed by atoms with Crippen molar-refractivity contribution in [2.75, 3.05) is 13.1 Å². The second-order valence-corrected chi connectivity index (χ2v) is 7.85. The molecule has 0 amide bonds. The maximum atomic E-state index is 13.5. The van der Waals surface area contributed by atoms with Gasteiger partial charge < -0.3 is 4.90 Å². The lowest BCUT2D eigenvalue weighted by Crippen LogP contribution is -2.33. The normalized spacial score (nSPS) is 27.8. The van der Waals surface area contributed by atoms with Gasteiger partial charge >= 0.3 is 0 Å². The van der Waals surface area contributed by atoms with E-state index in [4.69, 9.17) is 0 Å². The Morgan fingerprint density at radius 2 is 1.71 bits per heavy atom. The van der Waals surface area contributed by atoms with Gasteiger partial charge in [-0.1, -0.05) is 13.8 Å². The number of ketones is 2. The van der Waals surface area contributed by atoms with Crippen molar-refractivity contribution in [3.8, 4) is 6.07 Å². The first-order valence-electron chi connectivity index (χ1n) is 8.64. The molecular weight excluding hydrogens is 307 g/mol. The van der Waals surface area contributed by atoms with Crippen molar-refractivity contribution in [1.82, 2.24) is 4.90 Å². The maximum Gasteiger partial charge on any atom is 0.169 e. The van der Waals surface area contributed by atoms with Crippen LogP contribution in [0.25, 0.3) is 0 Å². The fourth-order valence-corrected chi connectivity index (χ4v) is 4.12. The summed E-state index contributed by atoms with van der Waals surface area (Å²) >= 11 is 0. The number of hydrogen-bond acceptors (Lipinski definition) is 4. The van der Waals surface area contributed by atoms with Crippen molar-refractivity contribution >= 4 is 11.6 Å². The zero-order chi connectivity index (χ0) is 17.5. The highest BCUT2D eigenvalue weighted by atomic mass is 19.1. The van der Waals surface area contributed by atoms with Crippen LogP contribution in [0.4, 0.5) is 4.39 Å². The van der Waals surface area contributed by atoms with Gasteiger partial charge in [0.25, 0.3) is 0 Å². The number of carbonyl (C=O) groups is 2. The average Bonchev–Trinajstić information content (AvgIpc) is 2.98. The van der Waals surface area contributed by atoms with Crippen LogP contribution >= 0.6 is 0 Å². The van der Waals surface area contributed by atoms with Gasteiger partial charge in [-0.05, 0) is 36.7 Å². The molecule has 0 aromatic heterocycles. The van der Waals surface area contributed by atoms with Gasteiger partial charge in [-0.25, -0.2) is 4.39 Å². The first kappa shape index (κ1) is 16.9. The van der Waals surface area contributed by atoms with Crippen LogP contribution in [0.1, 0.15) is 52.4 Å². The first-order valence-corrected chi connectivity index (χ1v) is 8.64. The lowest BCUT2D eigenvalue weighted by Gasteiger charge is -2.38. The summed E-state index contributed by atoms with van der Waals surface area (Å²) in [5, 5.41) is 9.75. The number of nitrogens with zero attached hydrogens (tertiary/aromatic N) is 2. The standard InChI is InChI=1S/C19H23FN2O2/c1-19(2)9-13(18-16(23)7-12(20)8-17(18)24)14(11-21)15(10-19)22-5-3-4-6-22/h12H,3-10H2,1-2H3. The number of allylic oxidation sites excluding steroid dienone is 4. The Morgan fingerprint density at radius 3 is 2.25 bits per heavy atom. The third-order valence-electron chi connectivity index (χ3n) is 5.16. The molecule has 3 aliphatic rings. The summed E-state index contributed by atoms with van der Waals surface area (Å²) in [4.78, 5) is 26.9. The van der Waals surface area contributed by atoms with E-state index in [0.29, 0.717) is 17.6 Å². The molecule has 128 valence electrons. The minimum atomic E-state index is -1.39. The molecule has 0 atom stereocenters. The second-order valence-electron chi connectivity index (χ2n) is 7.85. The SMILES string of the molecule is CC1(C)CC(=C2C(=O)CC(F)CC2=O)C(C#N)=C(N2CCCC2)C1. The van der Waals surface area contributed by atoms with Crippen LogP contribution < -0.4 is 0 Å². The molecule has 0 aromatic rings. The fourth-order valence-electron chi connectivity index (χ4n) is 4.12. The number of alkyl halides is 1. The zero-order valence-corrected chi connectivity index (χ0v) is 14.3. The Labute approximate surface area is 142 Å². The molecule has 5 heteroatoms. The molecular formula is C19H23FN2O2. The summed E-state index contributed by atoms with van der Waals surface area (Å²) in [6.07, 6.45) is 1.58. The molecule has 0 aromatic carbocycles. The minimum Gasteiger partial charge on any atom is -0.374 e. The maximum absolute atomic E-state index is 13.5. The van der Waals surface area contributed by atoms with Gasteiger partial charge in [-0.15, -0.1) is 0 Å². The summed E-state index contributed by atoms with van der Waals surface area (Å²) < 4.78 is 13.5. The number of halogens is 1. The third kappa shape index (κ3) is 3.02. The Balaban J connectivity index is 2.15. The summed E-state index contributed by atoms with van der Waals surface area (Å²) in [7, 11) is 0. The van der Waals surface area contributed by atoms with Crippen molar-refractivity contribution < 1.29 is 14.0 Å². The number of nitriles is 1. The molecule has 0 spiro atoms. The topological polar surface area (TPSA) is 61.2 Å². The van der Waals surface area contributed by atoms with Gasteiger partial charge in [0.1, 0.15) is 12.2 Å². The lowest BCUT2D eigenvalue weighted by molar-refractivity contribution is -0.125. The number of carbonyl (C=O) groups excluding carboxylic acids is 2. The van der Waals surface area contributed by atoms with Crippen LogP contribution in [-0.4, -0.2) is 35.7 Å². The van der Waals surface area contributed by atoms with Crippen molar-refractivity contribution in [2.24, 2.45) is 5.41 Å². The molecule has 2 aliphatic carbocycles. The fraction of sp³-hybridized carbons (Fsp3) is 0.632. The molecule has 0 radical (unpaired) electrons. The van der Waals surface area contributed by atoms with Gasteiger partial charge in [0, 0.05) is 31.6 Å². The Kier molecular flexibility index (Phi) is 4.33. The van der Waals surface area contributed by atoms with E-state index in [1.54, 1.807) is 0 Å². The van der Waals surface area contributed by atoms with Crippen molar-refractivity contribution in [2.45, 2.75) is 58.5 Å². The number of Topliss-reactive ketones (excluding diaryl/α,β-unsaturated/α-hetero) is 2. The van der Waals surface area contributed by atoms with E-state index >= 15 is 0 Å². The van der Waals surface area contributed by atoms with E-state index in [2.05, 4.69) is 24.8 Å². The summed E-state index contributed by atoms with van der Waals surface area (Å²) in [5.41, 5.74) is 1.94.